The number of fused-ring (bicyclic) bond motifs is 3. The van der Waals surface area contributed by atoms with Crippen LogP contribution in [0.3, 0.4) is 0 Å². The lowest BCUT2D eigenvalue weighted by atomic mass is 9.94. The number of ether oxygens (including phenoxy) is 2. The molecule has 0 bridgehead atoms. The predicted octanol–water partition coefficient (Wildman–Crippen LogP) is 5.46. The molecule has 0 spiro atoms. The number of aryl methyl sites for hydroxylation is 1. The van der Waals surface area contributed by atoms with Gasteiger partial charge in [-0.15, -0.1) is 11.3 Å². The number of nitrogen functional groups attached to an aromatic ring is 1. The number of methoxy groups -OCH3 is 2. The fourth-order valence-corrected chi connectivity index (χ4v) is 4.80. The van der Waals surface area contributed by atoms with Crippen molar-refractivity contribution in [2.24, 2.45) is 0 Å². The van der Waals surface area contributed by atoms with E-state index in [0.717, 1.165) is 35.3 Å². The summed E-state index contributed by atoms with van der Waals surface area (Å²) in [6, 6.07) is 3.41. The van der Waals surface area contributed by atoms with Gasteiger partial charge in [-0.3, -0.25) is 0 Å². The SMILES string of the molecule is CC.COC.COC1CCc2c(sc3ncnc(Nc4cc(C=N)c(N)cc4Cl)c23)C1. The topological polar surface area (TPSA) is 106 Å². The smallest absolute Gasteiger partial charge is 0.142 e. The number of nitrogens with one attached hydrogen (secondary N) is 2. The quantitative estimate of drug-likeness (QED) is 0.350. The Bertz CT molecular complexity index is 1020. The number of rotatable bonds is 4. The summed E-state index contributed by atoms with van der Waals surface area (Å²) in [5, 5.41) is 12.3. The Hall–Kier alpha value is -2.26. The lowest BCUT2D eigenvalue weighted by molar-refractivity contribution is 0.0922. The fraction of sp³-hybridized carbons (Fsp3) is 0.409. The normalized spacial score (nSPS) is 14.6. The highest BCUT2D eigenvalue weighted by atomic mass is 35.5. The van der Waals surface area contributed by atoms with Crippen LogP contribution in [0.25, 0.3) is 10.2 Å². The number of benzene rings is 1. The third-order valence-electron chi connectivity index (χ3n) is 4.71. The summed E-state index contributed by atoms with van der Waals surface area (Å²) < 4.78 is 9.78. The number of hydrogen-bond acceptors (Lipinski definition) is 8. The van der Waals surface area contributed by atoms with Gasteiger partial charge in [0.25, 0.3) is 0 Å². The first-order valence-electron chi connectivity index (χ1n) is 10.1. The molecule has 9 heteroatoms. The molecular formula is C22H30ClN5O2S. The highest BCUT2D eigenvalue weighted by Gasteiger charge is 2.25. The van der Waals surface area contributed by atoms with E-state index >= 15 is 0 Å². The lowest BCUT2D eigenvalue weighted by Gasteiger charge is -2.21. The average molecular weight is 464 g/mol. The van der Waals surface area contributed by atoms with Gasteiger partial charge in [-0.2, -0.15) is 0 Å². The number of halogens is 1. The van der Waals surface area contributed by atoms with Crippen LogP contribution in [0.15, 0.2) is 18.5 Å². The Morgan fingerprint density at radius 3 is 2.61 bits per heavy atom. The molecule has 0 fully saturated rings. The summed E-state index contributed by atoms with van der Waals surface area (Å²) in [5.74, 6) is 0.728. The zero-order chi connectivity index (χ0) is 23.0. The molecule has 0 aliphatic heterocycles. The van der Waals surface area contributed by atoms with E-state index in [-0.39, 0.29) is 6.10 Å². The molecular weight excluding hydrogens is 434 g/mol. The van der Waals surface area contributed by atoms with Crippen LogP contribution < -0.4 is 11.1 Å². The summed E-state index contributed by atoms with van der Waals surface area (Å²) >= 11 is 8.04. The van der Waals surface area contributed by atoms with Crippen LogP contribution in [0.2, 0.25) is 5.02 Å². The van der Waals surface area contributed by atoms with Crippen molar-refractivity contribution in [3.8, 4) is 0 Å². The summed E-state index contributed by atoms with van der Waals surface area (Å²) in [7, 11) is 5.01. The van der Waals surface area contributed by atoms with Crippen LogP contribution in [0.1, 0.15) is 36.3 Å². The second kappa shape index (κ2) is 12.0. The fourth-order valence-electron chi connectivity index (χ4n) is 3.33. The molecule has 0 amide bonds. The third-order valence-corrected chi connectivity index (χ3v) is 6.19. The van der Waals surface area contributed by atoms with Crippen LogP contribution in [-0.4, -0.2) is 43.6 Å². The zero-order valence-corrected chi connectivity index (χ0v) is 20.2. The van der Waals surface area contributed by atoms with Crippen molar-refractivity contribution in [1.82, 2.24) is 9.97 Å². The monoisotopic (exact) mass is 463 g/mol. The minimum Gasteiger partial charge on any atom is -0.398 e. The van der Waals surface area contributed by atoms with Gasteiger partial charge in [-0.1, -0.05) is 25.4 Å². The van der Waals surface area contributed by atoms with Gasteiger partial charge in [-0.25, -0.2) is 9.97 Å². The number of hydrogen-bond donors (Lipinski definition) is 3. The van der Waals surface area contributed by atoms with Gasteiger partial charge in [0.2, 0.25) is 0 Å². The maximum absolute atomic E-state index is 7.49. The van der Waals surface area contributed by atoms with E-state index in [4.69, 9.17) is 27.5 Å². The summed E-state index contributed by atoms with van der Waals surface area (Å²) in [5.41, 5.74) is 8.93. The third kappa shape index (κ3) is 5.71. The van der Waals surface area contributed by atoms with E-state index in [2.05, 4.69) is 20.0 Å². The first kappa shape index (κ1) is 25.0. The van der Waals surface area contributed by atoms with Gasteiger partial charge in [0.15, 0.2) is 0 Å². The van der Waals surface area contributed by atoms with Crippen LogP contribution >= 0.6 is 22.9 Å². The molecule has 1 aliphatic rings. The molecule has 168 valence electrons. The molecule has 1 unspecified atom stereocenters. The summed E-state index contributed by atoms with van der Waals surface area (Å²) in [4.78, 5) is 11.2. The van der Waals surface area contributed by atoms with Gasteiger partial charge in [0.1, 0.15) is 17.0 Å². The number of thiophene rings is 1. The second-order valence-corrected chi connectivity index (χ2v) is 8.14. The molecule has 4 N–H and O–H groups in total. The van der Waals surface area contributed by atoms with Crippen molar-refractivity contribution < 1.29 is 9.47 Å². The molecule has 1 aromatic carbocycles. The van der Waals surface area contributed by atoms with E-state index in [1.165, 1.54) is 16.7 Å². The van der Waals surface area contributed by atoms with Gasteiger partial charge in [-0.05, 0) is 30.5 Å². The first-order chi connectivity index (χ1) is 15.0. The molecule has 1 aliphatic carbocycles. The van der Waals surface area contributed by atoms with Crippen molar-refractivity contribution in [3.05, 3.63) is 39.5 Å². The van der Waals surface area contributed by atoms with E-state index in [1.54, 1.807) is 51.1 Å². The minimum atomic E-state index is 0.265. The first-order valence-corrected chi connectivity index (χ1v) is 11.3. The Labute approximate surface area is 192 Å². The van der Waals surface area contributed by atoms with E-state index < -0.39 is 0 Å². The standard InChI is InChI=1S/C18H18ClN5OS.C2H6O.C2H6/c1-25-10-2-3-11-15(5-10)26-18-16(11)17(22-8-23-18)24-14-4-9(7-20)13(21)6-12(14)19;1-3-2;1-2/h4,6-8,10,20H,2-3,5,21H2,1H3,(H,22,23,24);1-2H3;1-2H3. The van der Waals surface area contributed by atoms with Crippen LogP contribution in [0, 0.1) is 5.41 Å². The minimum absolute atomic E-state index is 0.265. The second-order valence-electron chi connectivity index (χ2n) is 6.65. The number of nitrogens with two attached hydrogens (primary N) is 1. The molecule has 2 aromatic heterocycles. The summed E-state index contributed by atoms with van der Waals surface area (Å²) in [6.45, 7) is 4.00. The van der Waals surface area contributed by atoms with E-state index in [1.807, 2.05) is 13.8 Å². The molecule has 0 saturated heterocycles. The predicted molar refractivity (Wildman–Crippen MR) is 132 cm³/mol. The average Bonchev–Trinajstić information content (AvgIpc) is 3.16. The van der Waals surface area contributed by atoms with Gasteiger partial charge >= 0.3 is 0 Å². The van der Waals surface area contributed by atoms with Crippen molar-refractivity contribution in [2.45, 2.75) is 39.2 Å². The molecule has 0 saturated carbocycles. The van der Waals surface area contributed by atoms with Gasteiger partial charge in [0, 0.05) is 50.1 Å². The molecule has 31 heavy (non-hydrogen) atoms. The number of anilines is 3. The highest BCUT2D eigenvalue weighted by Crippen LogP contribution is 2.40. The molecule has 3 aromatic rings. The largest absolute Gasteiger partial charge is 0.398 e. The Morgan fingerprint density at radius 1 is 1.26 bits per heavy atom. The highest BCUT2D eigenvalue weighted by molar-refractivity contribution is 7.19. The van der Waals surface area contributed by atoms with Gasteiger partial charge < -0.3 is 25.9 Å². The van der Waals surface area contributed by atoms with Crippen molar-refractivity contribution in [3.63, 3.8) is 0 Å². The van der Waals surface area contributed by atoms with Gasteiger partial charge in [0.05, 0.1) is 22.2 Å². The molecule has 0 radical (unpaired) electrons. The van der Waals surface area contributed by atoms with Crippen LogP contribution in [0.4, 0.5) is 17.2 Å². The van der Waals surface area contributed by atoms with Crippen LogP contribution in [0.5, 0.6) is 0 Å². The summed E-state index contributed by atoms with van der Waals surface area (Å²) in [6.07, 6.45) is 5.88. The van der Waals surface area contributed by atoms with E-state index in [9.17, 15) is 0 Å². The Kier molecular flexibility index (Phi) is 9.64. The maximum Gasteiger partial charge on any atom is 0.142 e. The molecule has 2 heterocycles. The number of aromatic nitrogens is 2. The van der Waals surface area contributed by atoms with Crippen molar-refractivity contribution in [1.29, 1.82) is 5.41 Å². The Morgan fingerprint density at radius 2 is 1.97 bits per heavy atom. The maximum atomic E-state index is 7.49. The molecule has 4 rings (SSSR count). The zero-order valence-electron chi connectivity index (χ0n) is 18.6. The number of nitrogens with zero attached hydrogens (tertiary/aromatic N) is 2. The molecule has 7 nitrogen and oxygen atoms in total. The van der Waals surface area contributed by atoms with Crippen molar-refractivity contribution in [2.75, 3.05) is 32.4 Å². The van der Waals surface area contributed by atoms with E-state index in [0.29, 0.717) is 22.0 Å². The van der Waals surface area contributed by atoms with Crippen LogP contribution in [-0.2, 0) is 22.3 Å². The lowest BCUT2D eigenvalue weighted by Crippen LogP contribution is -2.19. The molecule has 1 atom stereocenters. The van der Waals surface area contributed by atoms with Crippen molar-refractivity contribution >= 4 is 56.6 Å². The Balaban J connectivity index is 0.000000630.